The summed E-state index contributed by atoms with van der Waals surface area (Å²) < 4.78 is 6.83. The molecule has 0 atom stereocenters. The third kappa shape index (κ3) is 3.07. The van der Waals surface area contributed by atoms with E-state index in [0.717, 1.165) is 6.42 Å². The van der Waals surface area contributed by atoms with Crippen LogP contribution in [0.5, 0.6) is 0 Å². The zero-order chi connectivity index (χ0) is 15.4. The van der Waals surface area contributed by atoms with Crippen molar-refractivity contribution in [3.63, 3.8) is 0 Å². The number of ether oxygens (including phenoxy) is 1. The predicted molar refractivity (Wildman–Crippen MR) is 82.3 cm³/mol. The molecule has 1 heterocycles. The van der Waals surface area contributed by atoms with Crippen LogP contribution in [0.25, 0.3) is 0 Å². The molecule has 0 saturated heterocycles. The second-order valence-corrected chi connectivity index (χ2v) is 4.82. The summed E-state index contributed by atoms with van der Waals surface area (Å²) >= 11 is 0. The summed E-state index contributed by atoms with van der Waals surface area (Å²) in [6, 6.07) is 8.20. The van der Waals surface area contributed by atoms with Crippen molar-refractivity contribution in [1.82, 2.24) is 9.55 Å². The highest BCUT2D eigenvalue weighted by molar-refractivity contribution is 5.92. The number of carbonyl (C=O) groups excluding carboxylic acids is 1. The van der Waals surface area contributed by atoms with Gasteiger partial charge < -0.3 is 15.0 Å². The molecule has 0 bridgehead atoms. The molecule has 112 valence electrons. The minimum absolute atomic E-state index is 0.198. The maximum absolute atomic E-state index is 11.8. The van der Waals surface area contributed by atoms with Crippen LogP contribution in [0.4, 0.5) is 5.82 Å². The Hall–Kier alpha value is -2.30. The zero-order valence-electron chi connectivity index (χ0n) is 12.7. The Balaban J connectivity index is 2.35. The summed E-state index contributed by atoms with van der Waals surface area (Å²) in [6.45, 7) is 6.63. The molecular formula is C16H21N3O2. The van der Waals surface area contributed by atoms with Gasteiger partial charge in [-0.05, 0) is 31.4 Å². The third-order valence-corrected chi connectivity index (χ3v) is 3.49. The molecule has 21 heavy (non-hydrogen) atoms. The minimum atomic E-state index is -0.472. The van der Waals surface area contributed by atoms with Crippen molar-refractivity contribution in [2.45, 2.75) is 33.7 Å². The maximum Gasteiger partial charge on any atom is 0.360 e. The lowest BCUT2D eigenvalue weighted by Crippen LogP contribution is -2.11. The Kier molecular flexibility index (Phi) is 4.62. The molecule has 1 aromatic carbocycles. The SMILES string of the molecule is CCOC(=O)c1nc(C)n(Cc2ccccc2CC)c1N. The summed E-state index contributed by atoms with van der Waals surface area (Å²) in [5.41, 5.74) is 8.72. The van der Waals surface area contributed by atoms with Crippen LogP contribution < -0.4 is 5.73 Å². The summed E-state index contributed by atoms with van der Waals surface area (Å²) in [4.78, 5) is 16.1. The molecule has 2 N–H and O–H groups in total. The lowest BCUT2D eigenvalue weighted by molar-refractivity contribution is 0.0521. The molecule has 2 rings (SSSR count). The molecule has 0 amide bonds. The van der Waals surface area contributed by atoms with E-state index >= 15 is 0 Å². The summed E-state index contributed by atoms with van der Waals surface area (Å²) in [5.74, 6) is 0.596. The first kappa shape index (κ1) is 15.1. The second-order valence-electron chi connectivity index (χ2n) is 4.82. The van der Waals surface area contributed by atoms with Crippen LogP contribution in [-0.2, 0) is 17.7 Å². The molecule has 0 radical (unpaired) electrons. The van der Waals surface area contributed by atoms with Crippen molar-refractivity contribution < 1.29 is 9.53 Å². The standard InChI is InChI=1S/C16H21N3O2/c1-4-12-8-6-7-9-13(12)10-19-11(3)18-14(15(19)17)16(20)21-5-2/h6-9H,4-5,10,17H2,1-3H3. The van der Waals surface area contributed by atoms with E-state index in [-0.39, 0.29) is 5.69 Å². The fourth-order valence-corrected chi connectivity index (χ4v) is 2.36. The quantitative estimate of drug-likeness (QED) is 0.858. The molecule has 0 unspecified atom stereocenters. The fraction of sp³-hybridized carbons (Fsp3) is 0.375. The lowest BCUT2D eigenvalue weighted by Gasteiger charge is -2.11. The van der Waals surface area contributed by atoms with Crippen LogP contribution >= 0.6 is 0 Å². The molecule has 0 saturated carbocycles. The van der Waals surface area contributed by atoms with Gasteiger partial charge in [-0.3, -0.25) is 0 Å². The lowest BCUT2D eigenvalue weighted by atomic mass is 10.1. The van der Waals surface area contributed by atoms with Gasteiger partial charge in [-0.15, -0.1) is 0 Å². The maximum atomic E-state index is 11.8. The number of esters is 1. The topological polar surface area (TPSA) is 70.1 Å². The Morgan fingerprint density at radius 2 is 1.95 bits per heavy atom. The largest absolute Gasteiger partial charge is 0.461 e. The van der Waals surface area contributed by atoms with E-state index in [1.807, 2.05) is 23.6 Å². The van der Waals surface area contributed by atoms with Crippen LogP contribution in [-0.4, -0.2) is 22.1 Å². The van der Waals surface area contributed by atoms with Crippen LogP contribution in [0.15, 0.2) is 24.3 Å². The Morgan fingerprint density at radius 1 is 1.29 bits per heavy atom. The molecule has 5 nitrogen and oxygen atoms in total. The first-order valence-electron chi connectivity index (χ1n) is 7.14. The average Bonchev–Trinajstić information content (AvgIpc) is 2.76. The number of aryl methyl sites for hydroxylation is 2. The number of imidazole rings is 1. The van der Waals surface area contributed by atoms with Crippen LogP contribution in [0.2, 0.25) is 0 Å². The van der Waals surface area contributed by atoms with Crippen molar-refractivity contribution in [2.75, 3.05) is 12.3 Å². The van der Waals surface area contributed by atoms with E-state index in [2.05, 4.69) is 24.0 Å². The molecular weight excluding hydrogens is 266 g/mol. The van der Waals surface area contributed by atoms with Gasteiger partial charge >= 0.3 is 5.97 Å². The van der Waals surface area contributed by atoms with Gasteiger partial charge in [0.2, 0.25) is 0 Å². The minimum Gasteiger partial charge on any atom is -0.461 e. The van der Waals surface area contributed by atoms with Gasteiger partial charge in [0.1, 0.15) is 11.6 Å². The monoisotopic (exact) mass is 287 g/mol. The van der Waals surface area contributed by atoms with Crippen LogP contribution in [0.1, 0.15) is 41.3 Å². The number of anilines is 1. The predicted octanol–water partition coefficient (Wildman–Crippen LogP) is 2.56. The van der Waals surface area contributed by atoms with Crippen molar-refractivity contribution in [2.24, 2.45) is 0 Å². The Labute approximate surface area is 124 Å². The number of hydrogen-bond acceptors (Lipinski definition) is 4. The Morgan fingerprint density at radius 3 is 2.57 bits per heavy atom. The molecule has 2 aromatic rings. The first-order chi connectivity index (χ1) is 10.1. The number of nitrogens with two attached hydrogens (primary N) is 1. The van der Waals surface area contributed by atoms with Gasteiger partial charge in [0.05, 0.1) is 13.2 Å². The summed E-state index contributed by atoms with van der Waals surface area (Å²) in [7, 11) is 0. The van der Waals surface area contributed by atoms with Gasteiger partial charge in [-0.25, -0.2) is 9.78 Å². The van der Waals surface area contributed by atoms with Crippen molar-refractivity contribution in [3.05, 3.63) is 46.9 Å². The number of benzene rings is 1. The third-order valence-electron chi connectivity index (χ3n) is 3.49. The number of aromatic nitrogens is 2. The van der Waals surface area contributed by atoms with Gasteiger partial charge in [0.15, 0.2) is 5.69 Å². The fourth-order valence-electron chi connectivity index (χ4n) is 2.36. The van der Waals surface area contributed by atoms with Gasteiger partial charge in [0.25, 0.3) is 0 Å². The average molecular weight is 287 g/mol. The number of carbonyl (C=O) groups is 1. The normalized spacial score (nSPS) is 10.6. The summed E-state index contributed by atoms with van der Waals surface area (Å²) in [6.07, 6.45) is 0.953. The van der Waals surface area contributed by atoms with E-state index in [1.165, 1.54) is 11.1 Å². The number of hydrogen-bond donors (Lipinski definition) is 1. The smallest absolute Gasteiger partial charge is 0.360 e. The number of nitrogen functional groups attached to an aromatic ring is 1. The molecule has 0 spiro atoms. The van der Waals surface area contributed by atoms with E-state index in [0.29, 0.717) is 24.8 Å². The van der Waals surface area contributed by atoms with E-state index in [1.54, 1.807) is 6.92 Å². The van der Waals surface area contributed by atoms with Crippen molar-refractivity contribution in [3.8, 4) is 0 Å². The number of rotatable bonds is 5. The molecule has 0 aliphatic heterocycles. The van der Waals surface area contributed by atoms with Crippen LogP contribution in [0.3, 0.4) is 0 Å². The molecule has 1 aromatic heterocycles. The zero-order valence-corrected chi connectivity index (χ0v) is 12.7. The van der Waals surface area contributed by atoms with Crippen LogP contribution in [0, 0.1) is 6.92 Å². The van der Waals surface area contributed by atoms with Crippen molar-refractivity contribution >= 4 is 11.8 Å². The van der Waals surface area contributed by atoms with E-state index < -0.39 is 5.97 Å². The van der Waals surface area contributed by atoms with Gasteiger partial charge in [-0.2, -0.15) is 0 Å². The van der Waals surface area contributed by atoms with Gasteiger partial charge in [0, 0.05) is 0 Å². The van der Waals surface area contributed by atoms with Gasteiger partial charge in [-0.1, -0.05) is 31.2 Å². The highest BCUT2D eigenvalue weighted by Crippen LogP contribution is 2.19. The molecule has 0 aliphatic rings. The van der Waals surface area contributed by atoms with Crippen molar-refractivity contribution in [1.29, 1.82) is 0 Å². The Bertz CT molecular complexity index is 647. The number of nitrogens with zero attached hydrogens (tertiary/aromatic N) is 2. The van der Waals surface area contributed by atoms with E-state index in [9.17, 15) is 4.79 Å². The summed E-state index contributed by atoms with van der Waals surface area (Å²) in [5, 5.41) is 0. The highest BCUT2D eigenvalue weighted by atomic mass is 16.5. The molecule has 5 heteroatoms. The highest BCUT2D eigenvalue weighted by Gasteiger charge is 2.20. The second kappa shape index (κ2) is 6.43. The molecule has 0 aliphatic carbocycles. The van der Waals surface area contributed by atoms with E-state index in [4.69, 9.17) is 10.5 Å². The first-order valence-corrected chi connectivity index (χ1v) is 7.14. The molecule has 0 fully saturated rings.